The fourth-order valence-corrected chi connectivity index (χ4v) is 2.00. The van der Waals surface area contributed by atoms with Gasteiger partial charge >= 0.3 is 5.97 Å². The molecule has 0 unspecified atom stereocenters. The molecule has 0 aliphatic rings. The molecule has 24 heavy (non-hydrogen) atoms. The number of hydrogen-bond donors (Lipinski definition) is 1. The monoisotopic (exact) mass is 324 g/mol. The molecular weight excluding hydrogens is 308 g/mol. The Bertz CT molecular complexity index is 814. The van der Waals surface area contributed by atoms with Crippen LogP contribution in [0, 0.1) is 25.2 Å². The third-order valence-electron chi connectivity index (χ3n) is 3.16. The minimum Gasteiger partial charge on any atom is -0.465 e. The summed E-state index contributed by atoms with van der Waals surface area (Å²) in [6.07, 6.45) is 2.67. The fourth-order valence-electron chi connectivity index (χ4n) is 2.00. The maximum absolute atomic E-state index is 11.9. The van der Waals surface area contributed by atoms with Crippen molar-refractivity contribution in [2.75, 3.05) is 11.9 Å². The number of hydrogen-bond acceptors (Lipinski definition) is 5. The number of benzene rings is 1. The molecule has 6 heteroatoms. The van der Waals surface area contributed by atoms with Crippen LogP contribution in [0.2, 0.25) is 0 Å². The van der Waals surface area contributed by atoms with E-state index in [-0.39, 0.29) is 5.57 Å². The number of nitrogens with zero attached hydrogens (tertiary/aromatic N) is 1. The van der Waals surface area contributed by atoms with E-state index in [0.717, 1.165) is 11.1 Å². The molecule has 0 saturated heterocycles. The zero-order valence-corrected chi connectivity index (χ0v) is 13.3. The molecule has 0 saturated carbocycles. The Hall–Kier alpha value is -3.33. The summed E-state index contributed by atoms with van der Waals surface area (Å²) in [5, 5.41) is 11.7. The molecule has 0 aliphatic heterocycles. The average Bonchev–Trinajstić information content (AvgIpc) is 3.06. The maximum atomic E-state index is 11.9. The number of furan rings is 1. The Labute approximate surface area is 139 Å². The lowest BCUT2D eigenvalue weighted by molar-refractivity contribution is -0.142. The van der Waals surface area contributed by atoms with Crippen LogP contribution >= 0.6 is 0 Å². The van der Waals surface area contributed by atoms with Crippen molar-refractivity contribution >= 4 is 23.6 Å². The lowest BCUT2D eigenvalue weighted by Gasteiger charge is -2.09. The van der Waals surface area contributed by atoms with Crippen LogP contribution in [0.3, 0.4) is 0 Å². The Morgan fingerprint density at radius 3 is 2.75 bits per heavy atom. The van der Waals surface area contributed by atoms with Crippen molar-refractivity contribution in [1.82, 2.24) is 0 Å². The van der Waals surface area contributed by atoms with Gasteiger partial charge in [-0.25, -0.2) is 4.79 Å². The second-order valence-corrected chi connectivity index (χ2v) is 5.13. The third-order valence-corrected chi connectivity index (χ3v) is 3.16. The molecule has 1 amide bonds. The van der Waals surface area contributed by atoms with Crippen molar-refractivity contribution in [2.24, 2.45) is 0 Å². The Balaban J connectivity index is 1.93. The molecule has 1 heterocycles. The average molecular weight is 324 g/mol. The summed E-state index contributed by atoms with van der Waals surface area (Å²) < 4.78 is 9.89. The SMILES string of the molecule is Cc1ccc(NC(=O)COC(=O)/C(C#N)=C/c2ccco2)c(C)c1. The summed E-state index contributed by atoms with van der Waals surface area (Å²) in [6, 6.07) is 10.5. The number of esters is 1. The van der Waals surface area contributed by atoms with Gasteiger partial charge in [0, 0.05) is 11.8 Å². The first-order chi connectivity index (χ1) is 11.5. The van der Waals surface area contributed by atoms with E-state index < -0.39 is 18.5 Å². The lowest BCUT2D eigenvalue weighted by Crippen LogP contribution is -2.21. The molecule has 0 fully saturated rings. The number of carbonyl (C=O) groups excluding carboxylic acids is 2. The number of aryl methyl sites for hydroxylation is 2. The van der Waals surface area contributed by atoms with Gasteiger partial charge in [0.05, 0.1) is 6.26 Å². The number of anilines is 1. The largest absolute Gasteiger partial charge is 0.465 e. The van der Waals surface area contributed by atoms with Gasteiger partial charge in [-0.2, -0.15) is 5.26 Å². The highest BCUT2D eigenvalue weighted by molar-refractivity contribution is 6.00. The van der Waals surface area contributed by atoms with Crippen molar-refractivity contribution < 1.29 is 18.7 Å². The summed E-state index contributed by atoms with van der Waals surface area (Å²) in [7, 11) is 0. The van der Waals surface area contributed by atoms with E-state index in [1.807, 2.05) is 26.0 Å². The lowest BCUT2D eigenvalue weighted by atomic mass is 10.1. The number of amides is 1. The first-order valence-corrected chi connectivity index (χ1v) is 7.19. The smallest absolute Gasteiger partial charge is 0.349 e. The first kappa shape index (κ1) is 17.0. The number of nitriles is 1. The van der Waals surface area contributed by atoms with E-state index in [2.05, 4.69) is 5.32 Å². The molecule has 2 aromatic rings. The fraction of sp³-hybridized carbons (Fsp3) is 0.167. The number of carbonyl (C=O) groups is 2. The Morgan fingerprint density at radius 1 is 1.33 bits per heavy atom. The van der Waals surface area contributed by atoms with E-state index >= 15 is 0 Å². The highest BCUT2D eigenvalue weighted by Crippen LogP contribution is 2.16. The molecule has 1 aromatic carbocycles. The topological polar surface area (TPSA) is 92.3 Å². The standard InChI is InChI=1S/C18H16N2O4/c1-12-5-6-16(13(2)8-12)20-17(21)11-24-18(22)14(10-19)9-15-4-3-7-23-15/h3-9H,11H2,1-2H3,(H,20,21)/b14-9+. The van der Waals surface area contributed by atoms with Crippen LogP contribution in [0.25, 0.3) is 6.08 Å². The predicted octanol–water partition coefficient (Wildman–Crippen LogP) is 2.99. The van der Waals surface area contributed by atoms with Crippen molar-refractivity contribution in [3.05, 3.63) is 59.1 Å². The van der Waals surface area contributed by atoms with Crippen LogP contribution in [-0.4, -0.2) is 18.5 Å². The van der Waals surface area contributed by atoms with Crippen LogP contribution in [0.4, 0.5) is 5.69 Å². The zero-order chi connectivity index (χ0) is 17.5. The van der Waals surface area contributed by atoms with E-state index in [1.54, 1.807) is 24.3 Å². The molecule has 0 aliphatic carbocycles. The van der Waals surface area contributed by atoms with Gasteiger partial charge in [0.1, 0.15) is 17.4 Å². The number of nitrogens with one attached hydrogen (secondary N) is 1. The molecular formula is C18H16N2O4. The van der Waals surface area contributed by atoms with Crippen molar-refractivity contribution in [3.8, 4) is 6.07 Å². The van der Waals surface area contributed by atoms with Gasteiger partial charge in [0.15, 0.2) is 6.61 Å². The van der Waals surface area contributed by atoms with Gasteiger partial charge in [-0.15, -0.1) is 0 Å². The second kappa shape index (κ2) is 7.79. The van der Waals surface area contributed by atoms with Gasteiger partial charge in [-0.05, 0) is 37.6 Å². The molecule has 2 rings (SSSR count). The molecule has 122 valence electrons. The molecule has 0 spiro atoms. The number of ether oxygens (including phenoxy) is 1. The van der Waals surface area contributed by atoms with Gasteiger partial charge in [-0.3, -0.25) is 4.79 Å². The van der Waals surface area contributed by atoms with E-state index in [9.17, 15) is 9.59 Å². The molecule has 6 nitrogen and oxygen atoms in total. The highest BCUT2D eigenvalue weighted by Gasteiger charge is 2.14. The van der Waals surface area contributed by atoms with E-state index in [0.29, 0.717) is 11.4 Å². The van der Waals surface area contributed by atoms with Gasteiger partial charge < -0.3 is 14.5 Å². The van der Waals surface area contributed by atoms with Gasteiger partial charge in [0.25, 0.3) is 5.91 Å². The molecule has 1 aromatic heterocycles. The van der Waals surface area contributed by atoms with Crippen LogP contribution in [0.1, 0.15) is 16.9 Å². The maximum Gasteiger partial charge on any atom is 0.349 e. The summed E-state index contributed by atoms with van der Waals surface area (Å²) >= 11 is 0. The van der Waals surface area contributed by atoms with Crippen molar-refractivity contribution in [1.29, 1.82) is 5.26 Å². The Kier molecular flexibility index (Phi) is 5.53. The summed E-state index contributed by atoms with van der Waals surface area (Å²) in [5.74, 6) is -1.02. The zero-order valence-electron chi connectivity index (χ0n) is 13.3. The van der Waals surface area contributed by atoms with Crippen LogP contribution in [-0.2, 0) is 14.3 Å². The summed E-state index contributed by atoms with van der Waals surface area (Å²) in [6.45, 7) is 3.34. The third kappa shape index (κ3) is 4.58. The van der Waals surface area contributed by atoms with Crippen molar-refractivity contribution in [2.45, 2.75) is 13.8 Å². The predicted molar refractivity (Wildman–Crippen MR) is 87.8 cm³/mol. The number of rotatable bonds is 5. The highest BCUT2D eigenvalue weighted by atomic mass is 16.5. The van der Waals surface area contributed by atoms with Gasteiger partial charge in [0.2, 0.25) is 0 Å². The van der Waals surface area contributed by atoms with Crippen molar-refractivity contribution in [3.63, 3.8) is 0 Å². The van der Waals surface area contributed by atoms with E-state index in [1.165, 1.54) is 12.3 Å². The quantitative estimate of drug-likeness (QED) is 0.518. The second-order valence-electron chi connectivity index (χ2n) is 5.13. The normalized spacial score (nSPS) is 10.8. The minimum absolute atomic E-state index is 0.246. The summed E-state index contributed by atoms with van der Waals surface area (Å²) in [5.41, 5.74) is 2.39. The van der Waals surface area contributed by atoms with Crippen LogP contribution in [0.5, 0.6) is 0 Å². The van der Waals surface area contributed by atoms with E-state index in [4.69, 9.17) is 14.4 Å². The molecule has 0 bridgehead atoms. The minimum atomic E-state index is -0.885. The molecule has 1 N–H and O–H groups in total. The van der Waals surface area contributed by atoms with Crippen LogP contribution < -0.4 is 5.32 Å². The molecule has 0 atom stereocenters. The summed E-state index contributed by atoms with van der Waals surface area (Å²) in [4.78, 5) is 23.7. The van der Waals surface area contributed by atoms with Crippen LogP contribution in [0.15, 0.2) is 46.6 Å². The molecule has 0 radical (unpaired) electrons. The van der Waals surface area contributed by atoms with Gasteiger partial charge in [-0.1, -0.05) is 17.7 Å². The first-order valence-electron chi connectivity index (χ1n) is 7.19. The Morgan fingerprint density at radius 2 is 2.12 bits per heavy atom.